The Labute approximate surface area is 110 Å². The van der Waals surface area contributed by atoms with Gasteiger partial charge in [-0.2, -0.15) is 5.10 Å². The van der Waals surface area contributed by atoms with Crippen molar-refractivity contribution in [2.75, 3.05) is 5.32 Å². The van der Waals surface area contributed by atoms with Crippen molar-refractivity contribution in [2.45, 2.75) is 13.3 Å². The van der Waals surface area contributed by atoms with E-state index in [2.05, 4.69) is 15.5 Å². The quantitative estimate of drug-likeness (QED) is 0.831. The number of aryl methyl sites for hydroxylation is 1. The molecular formula is C12H14N4OS. The number of aromatic amines is 1. The highest BCUT2D eigenvalue weighted by molar-refractivity contribution is 7.71. The molecule has 0 radical (unpaired) electrons. The van der Waals surface area contributed by atoms with E-state index >= 15 is 0 Å². The summed E-state index contributed by atoms with van der Waals surface area (Å²) < 4.78 is 2.19. The van der Waals surface area contributed by atoms with Crippen LogP contribution in [-0.2, 0) is 18.3 Å². The van der Waals surface area contributed by atoms with Gasteiger partial charge in [0.15, 0.2) is 4.77 Å². The molecule has 0 aliphatic carbocycles. The molecule has 0 aliphatic rings. The van der Waals surface area contributed by atoms with Crippen LogP contribution in [0.1, 0.15) is 11.4 Å². The summed E-state index contributed by atoms with van der Waals surface area (Å²) in [6.45, 7) is 1.98. The van der Waals surface area contributed by atoms with E-state index in [4.69, 9.17) is 12.2 Å². The van der Waals surface area contributed by atoms with Crippen molar-refractivity contribution in [3.8, 4) is 0 Å². The number of carbonyl (C=O) groups is 1. The fourth-order valence-corrected chi connectivity index (χ4v) is 1.76. The molecule has 1 heterocycles. The van der Waals surface area contributed by atoms with Gasteiger partial charge < -0.3 is 9.88 Å². The fourth-order valence-electron chi connectivity index (χ4n) is 1.61. The highest BCUT2D eigenvalue weighted by Gasteiger charge is 2.09. The Morgan fingerprint density at radius 3 is 2.94 bits per heavy atom. The zero-order valence-electron chi connectivity index (χ0n) is 10.2. The van der Waals surface area contributed by atoms with Gasteiger partial charge in [-0.3, -0.25) is 9.89 Å². The number of hydrogen-bond donors (Lipinski definition) is 2. The molecule has 0 fully saturated rings. The Kier molecular flexibility index (Phi) is 3.57. The van der Waals surface area contributed by atoms with Crippen LogP contribution in [-0.4, -0.2) is 20.7 Å². The Balaban J connectivity index is 2.05. The second kappa shape index (κ2) is 5.14. The molecule has 1 aromatic heterocycles. The van der Waals surface area contributed by atoms with Gasteiger partial charge in [0.2, 0.25) is 5.91 Å². The molecule has 0 atom stereocenters. The summed E-state index contributed by atoms with van der Waals surface area (Å²) in [5.41, 5.74) is 1.89. The molecule has 1 aromatic carbocycles. The van der Waals surface area contributed by atoms with Crippen LogP contribution in [0.15, 0.2) is 24.3 Å². The predicted octanol–water partition coefficient (Wildman–Crippen LogP) is 1.97. The molecule has 94 valence electrons. The standard InChI is InChI=1S/C12H14N4OS/c1-8-4-3-5-9(6-8)13-11(17)7-10-14-15-12(18)16(10)2/h3-6H,7H2,1-2H3,(H,13,17)(H,15,18). The van der Waals surface area contributed by atoms with Crippen molar-refractivity contribution in [2.24, 2.45) is 7.05 Å². The maximum atomic E-state index is 11.8. The molecule has 0 unspecified atom stereocenters. The second-order valence-corrected chi connectivity index (χ2v) is 4.49. The maximum absolute atomic E-state index is 11.8. The SMILES string of the molecule is Cc1cccc(NC(=O)Cc2n[nH]c(=S)n2C)c1. The van der Waals surface area contributed by atoms with Crippen molar-refractivity contribution in [3.05, 3.63) is 40.4 Å². The minimum absolute atomic E-state index is 0.113. The van der Waals surface area contributed by atoms with E-state index in [9.17, 15) is 4.79 Å². The van der Waals surface area contributed by atoms with Crippen LogP contribution >= 0.6 is 12.2 Å². The average molecular weight is 262 g/mol. The van der Waals surface area contributed by atoms with E-state index < -0.39 is 0 Å². The number of rotatable bonds is 3. The normalized spacial score (nSPS) is 10.3. The zero-order valence-corrected chi connectivity index (χ0v) is 11.0. The van der Waals surface area contributed by atoms with Gasteiger partial charge in [-0.25, -0.2) is 0 Å². The Morgan fingerprint density at radius 2 is 2.33 bits per heavy atom. The van der Waals surface area contributed by atoms with E-state index in [1.54, 1.807) is 11.6 Å². The highest BCUT2D eigenvalue weighted by Crippen LogP contribution is 2.10. The monoisotopic (exact) mass is 262 g/mol. The third-order valence-electron chi connectivity index (χ3n) is 2.59. The number of amides is 1. The lowest BCUT2D eigenvalue weighted by atomic mass is 10.2. The largest absolute Gasteiger partial charge is 0.326 e. The summed E-state index contributed by atoms with van der Waals surface area (Å²) >= 11 is 4.99. The summed E-state index contributed by atoms with van der Waals surface area (Å²) in [4.78, 5) is 11.8. The van der Waals surface area contributed by atoms with E-state index in [1.807, 2.05) is 31.2 Å². The number of H-pyrrole nitrogens is 1. The minimum Gasteiger partial charge on any atom is -0.326 e. The minimum atomic E-state index is -0.113. The van der Waals surface area contributed by atoms with Crippen molar-refractivity contribution >= 4 is 23.8 Å². The summed E-state index contributed by atoms with van der Waals surface area (Å²) in [5, 5.41) is 9.48. The number of aromatic nitrogens is 3. The Morgan fingerprint density at radius 1 is 1.56 bits per heavy atom. The van der Waals surface area contributed by atoms with Crippen LogP contribution in [0.5, 0.6) is 0 Å². The smallest absolute Gasteiger partial charge is 0.232 e. The molecule has 0 aliphatic heterocycles. The number of hydrogen-bond acceptors (Lipinski definition) is 3. The van der Waals surface area contributed by atoms with Gasteiger partial charge in [-0.15, -0.1) is 0 Å². The maximum Gasteiger partial charge on any atom is 0.232 e. The van der Waals surface area contributed by atoms with Gasteiger partial charge in [-0.1, -0.05) is 12.1 Å². The van der Waals surface area contributed by atoms with Crippen LogP contribution in [0.25, 0.3) is 0 Å². The molecule has 0 saturated carbocycles. The second-order valence-electron chi connectivity index (χ2n) is 4.10. The molecule has 6 heteroatoms. The molecule has 5 nitrogen and oxygen atoms in total. The summed E-state index contributed by atoms with van der Waals surface area (Å²) in [6.07, 6.45) is 0.192. The molecule has 1 amide bonds. The van der Waals surface area contributed by atoms with E-state index in [-0.39, 0.29) is 12.3 Å². The van der Waals surface area contributed by atoms with E-state index in [0.29, 0.717) is 10.6 Å². The van der Waals surface area contributed by atoms with Crippen LogP contribution < -0.4 is 5.32 Å². The molecule has 2 aromatic rings. The van der Waals surface area contributed by atoms with Crippen LogP contribution in [0.4, 0.5) is 5.69 Å². The van der Waals surface area contributed by atoms with Gasteiger partial charge in [0.05, 0.1) is 6.42 Å². The van der Waals surface area contributed by atoms with E-state index in [0.717, 1.165) is 11.3 Å². The van der Waals surface area contributed by atoms with Gasteiger partial charge >= 0.3 is 0 Å². The van der Waals surface area contributed by atoms with Gasteiger partial charge in [0.1, 0.15) is 5.82 Å². The first kappa shape index (κ1) is 12.5. The molecule has 18 heavy (non-hydrogen) atoms. The fraction of sp³-hybridized carbons (Fsp3) is 0.250. The van der Waals surface area contributed by atoms with Crippen LogP contribution in [0.3, 0.4) is 0 Å². The van der Waals surface area contributed by atoms with Gasteiger partial charge in [-0.05, 0) is 36.8 Å². The first-order valence-corrected chi connectivity index (χ1v) is 5.94. The zero-order chi connectivity index (χ0) is 13.1. The Hall–Kier alpha value is -1.95. The van der Waals surface area contributed by atoms with Crippen molar-refractivity contribution in [1.29, 1.82) is 0 Å². The number of benzene rings is 1. The lowest BCUT2D eigenvalue weighted by Crippen LogP contribution is -2.16. The number of anilines is 1. The number of nitrogens with one attached hydrogen (secondary N) is 2. The van der Waals surface area contributed by atoms with Gasteiger partial charge in [0, 0.05) is 12.7 Å². The molecule has 2 N–H and O–H groups in total. The predicted molar refractivity (Wildman–Crippen MR) is 71.9 cm³/mol. The van der Waals surface area contributed by atoms with Crippen molar-refractivity contribution in [3.63, 3.8) is 0 Å². The summed E-state index contributed by atoms with van der Waals surface area (Å²) in [6, 6.07) is 7.66. The molecule has 0 saturated heterocycles. The molecule has 2 rings (SSSR count). The molecule has 0 bridgehead atoms. The van der Waals surface area contributed by atoms with Gasteiger partial charge in [0.25, 0.3) is 0 Å². The first-order chi connectivity index (χ1) is 8.56. The third kappa shape index (κ3) is 2.84. The Bertz CT molecular complexity index is 629. The average Bonchev–Trinajstić information content (AvgIpc) is 2.61. The lowest BCUT2D eigenvalue weighted by molar-refractivity contribution is -0.115. The highest BCUT2D eigenvalue weighted by atomic mass is 32.1. The van der Waals surface area contributed by atoms with Crippen LogP contribution in [0.2, 0.25) is 0 Å². The number of nitrogens with zero attached hydrogens (tertiary/aromatic N) is 2. The molecule has 0 spiro atoms. The molecular weight excluding hydrogens is 248 g/mol. The number of carbonyl (C=O) groups excluding carboxylic acids is 1. The first-order valence-electron chi connectivity index (χ1n) is 5.53. The van der Waals surface area contributed by atoms with Crippen LogP contribution in [0, 0.1) is 11.7 Å². The summed E-state index contributed by atoms with van der Waals surface area (Å²) in [7, 11) is 1.78. The third-order valence-corrected chi connectivity index (χ3v) is 2.96. The topological polar surface area (TPSA) is 62.7 Å². The lowest BCUT2D eigenvalue weighted by Gasteiger charge is -2.05. The van der Waals surface area contributed by atoms with Crippen molar-refractivity contribution < 1.29 is 4.79 Å². The summed E-state index contributed by atoms with van der Waals surface area (Å²) in [5.74, 6) is 0.503. The van der Waals surface area contributed by atoms with E-state index in [1.165, 1.54) is 0 Å². The van der Waals surface area contributed by atoms with Crippen molar-refractivity contribution in [1.82, 2.24) is 14.8 Å².